The number of carbonyl (C=O) groups is 2. The molecule has 160 valence electrons. The number of likely N-dealkylation sites (N-methyl/N-ethyl adjacent to an activating group) is 1. The van der Waals surface area contributed by atoms with E-state index in [1.807, 2.05) is 84.9 Å². The molecule has 0 aliphatic heterocycles. The topological polar surface area (TPSA) is 61.4 Å². The van der Waals surface area contributed by atoms with Crippen LogP contribution in [0.3, 0.4) is 0 Å². The first-order valence-electron chi connectivity index (χ1n) is 10.5. The van der Waals surface area contributed by atoms with E-state index in [0.717, 1.165) is 28.8 Å². The largest absolute Gasteiger partial charge is 0.344 e. The van der Waals surface area contributed by atoms with E-state index in [9.17, 15) is 9.59 Å². The normalized spacial score (nSPS) is 10.8. The molecule has 3 aromatic carbocycles. The van der Waals surface area contributed by atoms with Crippen LogP contribution in [0, 0.1) is 0 Å². The predicted molar refractivity (Wildman–Crippen MR) is 125 cm³/mol. The smallest absolute Gasteiger partial charge is 0.238 e. The number of aryl methyl sites for hydroxylation is 1. The molecule has 0 fully saturated rings. The van der Waals surface area contributed by atoms with E-state index in [2.05, 4.69) is 17.6 Å². The monoisotopic (exact) mass is 415 g/mol. The molecule has 3 aromatic rings. The lowest BCUT2D eigenvalue weighted by Crippen LogP contribution is -2.40. The van der Waals surface area contributed by atoms with E-state index in [1.165, 1.54) is 0 Å². The van der Waals surface area contributed by atoms with Crippen molar-refractivity contribution in [2.75, 3.05) is 25.5 Å². The molecule has 0 atom stereocenters. The van der Waals surface area contributed by atoms with Gasteiger partial charge in [0, 0.05) is 5.69 Å². The molecule has 0 aliphatic rings. The van der Waals surface area contributed by atoms with Gasteiger partial charge >= 0.3 is 0 Å². The van der Waals surface area contributed by atoms with Crippen LogP contribution in [0.2, 0.25) is 0 Å². The molecule has 2 N–H and O–H groups in total. The second-order valence-corrected chi connectivity index (χ2v) is 7.55. The highest BCUT2D eigenvalue weighted by Crippen LogP contribution is 2.21. The highest BCUT2D eigenvalue weighted by molar-refractivity contribution is 5.93. The Hall–Kier alpha value is -3.44. The van der Waals surface area contributed by atoms with E-state index in [1.54, 1.807) is 11.9 Å². The van der Waals surface area contributed by atoms with Gasteiger partial charge in [-0.3, -0.25) is 14.5 Å². The summed E-state index contributed by atoms with van der Waals surface area (Å²) in [6.45, 7) is 2.31. The van der Waals surface area contributed by atoms with Crippen molar-refractivity contribution in [2.45, 2.75) is 19.4 Å². The molecule has 5 nitrogen and oxygen atoms in total. The van der Waals surface area contributed by atoms with Crippen LogP contribution < -0.4 is 10.6 Å². The fraction of sp³-hybridized carbons (Fsp3) is 0.231. The Bertz CT molecular complexity index is 950. The standard InChI is InChI=1S/C26H29N3O2/c1-3-20-12-10-11-17-23(20)27-24(30)18-29(2)19-25(31)28-26(21-13-6-4-7-14-21)22-15-8-5-9-16-22/h4-17,26H,3,18-19H2,1-2H3,(H,27,30)(H,28,31). The molecule has 5 heteroatoms. The van der Waals surface area contributed by atoms with Crippen LogP contribution in [0.25, 0.3) is 0 Å². The van der Waals surface area contributed by atoms with Crippen molar-refractivity contribution in [2.24, 2.45) is 0 Å². The van der Waals surface area contributed by atoms with E-state index in [-0.39, 0.29) is 30.9 Å². The molecule has 2 amide bonds. The summed E-state index contributed by atoms with van der Waals surface area (Å²) in [5.74, 6) is -0.277. The quantitative estimate of drug-likeness (QED) is 0.555. The summed E-state index contributed by atoms with van der Waals surface area (Å²) in [6.07, 6.45) is 0.842. The Morgan fingerprint density at radius 1 is 0.774 bits per heavy atom. The Morgan fingerprint density at radius 3 is 1.87 bits per heavy atom. The minimum Gasteiger partial charge on any atom is -0.344 e. The fourth-order valence-corrected chi connectivity index (χ4v) is 3.54. The van der Waals surface area contributed by atoms with Gasteiger partial charge in [0.15, 0.2) is 0 Å². The van der Waals surface area contributed by atoms with Crippen LogP contribution in [0.1, 0.15) is 29.7 Å². The summed E-state index contributed by atoms with van der Waals surface area (Å²) in [7, 11) is 1.77. The third kappa shape index (κ3) is 6.52. The summed E-state index contributed by atoms with van der Waals surface area (Å²) < 4.78 is 0. The molecule has 3 rings (SSSR count). The van der Waals surface area contributed by atoms with Crippen molar-refractivity contribution < 1.29 is 9.59 Å². The van der Waals surface area contributed by atoms with Gasteiger partial charge in [0.25, 0.3) is 0 Å². The van der Waals surface area contributed by atoms with Crippen molar-refractivity contribution in [3.8, 4) is 0 Å². The molecule has 0 radical (unpaired) electrons. The lowest BCUT2D eigenvalue weighted by atomic mass is 9.99. The number of nitrogens with one attached hydrogen (secondary N) is 2. The number of anilines is 1. The number of nitrogens with zero attached hydrogens (tertiary/aromatic N) is 1. The van der Waals surface area contributed by atoms with Gasteiger partial charge in [-0.1, -0.05) is 85.8 Å². The molecular weight excluding hydrogens is 386 g/mol. The van der Waals surface area contributed by atoms with Crippen LogP contribution in [0.4, 0.5) is 5.69 Å². The van der Waals surface area contributed by atoms with Crippen LogP contribution in [-0.2, 0) is 16.0 Å². The Labute approximate surface area is 184 Å². The molecule has 0 aromatic heterocycles. The van der Waals surface area contributed by atoms with Gasteiger partial charge in [-0.2, -0.15) is 0 Å². The Morgan fingerprint density at radius 2 is 1.29 bits per heavy atom. The number of para-hydroxylation sites is 1. The first kappa shape index (κ1) is 22.2. The van der Waals surface area contributed by atoms with Gasteiger partial charge in [0.2, 0.25) is 11.8 Å². The third-order valence-corrected chi connectivity index (χ3v) is 5.07. The van der Waals surface area contributed by atoms with Crippen molar-refractivity contribution in [3.05, 3.63) is 102 Å². The van der Waals surface area contributed by atoms with E-state index >= 15 is 0 Å². The Kier molecular flexibility index (Phi) is 7.96. The van der Waals surface area contributed by atoms with Crippen LogP contribution in [-0.4, -0.2) is 36.9 Å². The SMILES string of the molecule is CCc1ccccc1NC(=O)CN(C)CC(=O)NC(c1ccccc1)c1ccccc1. The van der Waals surface area contributed by atoms with Crippen molar-refractivity contribution in [1.29, 1.82) is 0 Å². The zero-order chi connectivity index (χ0) is 22.1. The maximum absolute atomic E-state index is 12.8. The number of hydrogen-bond donors (Lipinski definition) is 2. The van der Waals surface area contributed by atoms with Gasteiger partial charge < -0.3 is 10.6 Å². The Balaban J connectivity index is 1.59. The zero-order valence-corrected chi connectivity index (χ0v) is 18.0. The van der Waals surface area contributed by atoms with E-state index in [4.69, 9.17) is 0 Å². The van der Waals surface area contributed by atoms with Gasteiger partial charge in [0.1, 0.15) is 0 Å². The number of amides is 2. The molecule has 0 spiro atoms. The summed E-state index contributed by atoms with van der Waals surface area (Å²) in [6, 6.07) is 27.3. The van der Waals surface area contributed by atoms with Gasteiger partial charge in [-0.15, -0.1) is 0 Å². The van der Waals surface area contributed by atoms with Crippen molar-refractivity contribution in [3.63, 3.8) is 0 Å². The van der Waals surface area contributed by atoms with Gasteiger partial charge in [0.05, 0.1) is 19.1 Å². The first-order valence-corrected chi connectivity index (χ1v) is 10.5. The summed E-state index contributed by atoms with van der Waals surface area (Å²) in [5.41, 5.74) is 3.93. The van der Waals surface area contributed by atoms with Gasteiger partial charge in [-0.25, -0.2) is 0 Å². The lowest BCUT2D eigenvalue weighted by molar-refractivity contribution is -0.123. The van der Waals surface area contributed by atoms with E-state index in [0.29, 0.717) is 0 Å². The molecule has 0 saturated carbocycles. The molecular formula is C26H29N3O2. The minimum absolute atomic E-state index is 0.124. The fourth-order valence-electron chi connectivity index (χ4n) is 3.54. The predicted octanol–water partition coefficient (Wildman–Crippen LogP) is 4.03. The average molecular weight is 416 g/mol. The maximum atomic E-state index is 12.8. The van der Waals surface area contributed by atoms with Crippen LogP contribution in [0.5, 0.6) is 0 Å². The summed E-state index contributed by atoms with van der Waals surface area (Å²) in [4.78, 5) is 26.9. The third-order valence-electron chi connectivity index (χ3n) is 5.07. The summed E-state index contributed by atoms with van der Waals surface area (Å²) in [5, 5.41) is 6.06. The van der Waals surface area contributed by atoms with Crippen molar-refractivity contribution in [1.82, 2.24) is 10.2 Å². The number of benzene rings is 3. The second-order valence-electron chi connectivity index (χ2n) is 7.55. The maximum Gasteiger partial charge on any atom is 0.238 e. The van der Waals surface area contributed by atoms with Crippen LogP contribution >= 0.6 is 0 Å². The molecule has 0 bridgehead atoms. The van der Waals surface area contributed by atoms with E-state index < -0.39 is 0 Å². The number of carbonyl (C=O) groups excluding carboxylic acids is 2. The molecule has 0 aliphatic carbocycles. The van der Waals surface area contributed by atoms with Crippen LogP contribution in [0.15, 0.2) is 84.9 Å². The van der Waals surface area contributed by atoms with Gasteiger partial charge in [-0.05, 0) is 36.2 Å². The lowest BCUT2D eigenvalue weighted by Gasteiger charge is -2.22. The average Bonchev–Trinajstić information content (AvgIpc) is 2.78. The second kappa shape index (κ2) is 11.1. The highest BCUT2D eigenvalue weighted by atomic mass is 16.2. The number of hydrogen-bond acceptors (Lipinski definition) is 3. The molecule has 31 heavy (non-hydrogen) atoms. The minimum atomic E-state index is -0.242. The number of rotatable bonds is 9. The first-order chi connectivity index (χ1) is 15.1. The molecule has 0 heterocycles. The zero-order valence-electron chi connectivity index (χ0n) is 18.0. The summed E-state index contributed by atoms with van der Waals surface area (Å²) >= 11 is 0. The molecule has 0 unspecified atom stereocenters. The highest BCUT2D eigenvalue weighted by Gasteiger charge is 2.18. The molecule has 0 saturated heterocycles. The van der Waals surface area contributed by atoms with Crippen molar-refractivity contribution >= 4 is 17.5 Å².